The highest BCUT2D eigenvalue weighted by Gasteiger charge is 2.42. The number of anilines is 1. The van der Waals surface area contributed by atoms with E-state index in [-0.39, 0.29) is 28.9 Å². The second-order valence-electron chi connectivity index (χ2n) is 7.41. The standard InChI is InChI=1S/C20H24N2O5S2/c1-15(2)21(13-17-7-5-4-6-8-17)29(26,27)19-11-9-18(10-12-19)22-20(23)16(3)14-28(22,24)25/h4-12,15-16H,13-14H2,1-3H3. The Balaban J connectivity index is 1.92. The molecule has 0 aliphatic carbocycles. The maximum Gasteiger partial charge on any atom is 0.244 e. The average Bonchev–Trinajstić information content (AvgIpc) is 2.87. The van der Waals surface area contributed by atoms with E-state index in [4.69, 9.17) is 0 Å². The van der Waals surface area contributed by atoms with Gasteiger partial charge < -0.3 is 0 Å². The SMILES string of the molecule is CC1CS(=O)(=O)N(c2ccc(S(=O)(=O)N(Cc3ccccc3)C(C)C)cc2)C1=O. The van der Waals surface area contributed by atoms with Gasteiger partial charge in [-0.3, -0.25) is 4.79 Å². The molecule has 1 unspecified atom stereocenters. The van der Waals surface area contributed by atoms with Gasteiger partial charge in [-0.1, -0.05) is 37.3 Å². The Bertz CT molecular complexity index is 1100. The van der Waals surface area contributed by atoms with Gasteiger partial charge in [-0.15, -0.1) is 0 Å². The molecule has 0 N–H and O–H groups in total. The second kappa shape index (κ2) is 7.89. The first-order valence-corrected chi connectivity index (χ1v) is 12.3. The number of hydrogen-bond donors (Lipinski definition) is 0. The smallest absolute Gasteiger partial charge is 0.244 e. The zero-order valence-electron chi connectivity index (χ0n) is 16.5. The molecule has 1 fully saturated rings. The molecular formula is C20H24N2O5S2. The first-order valence-electron chi connectivity index (χ1n) is 9.26. The van der Waals surface area contributed by atoms with Crippen LogP contribution in [0.3, 0.4) is 0 Å². The number of carbonyl (C=O) groups excluding carboxylic acids is 1. The fraction of sp³-hybridized carbons (Fsp3) is 0.350. The molecule has 9 heteroatoms. The van der Waals surface area contributed by atoms with Gasteiger partial charge in [0.25, 0.3) is 0 Å². The first-order chi connectivity index (χ1) is 13.5. The molecule has 1 atom stereocenters. The first kappa shape index (κ1) is 21.5. The van der Waals surface area contributed by atoms with Crippen molar-refractivity contribution in [3.63, 3.8) is 0 Å². The molecule has 3 rings (SSSR count). The van der Waals surface area contributed by atoms with Crippen molar-refractivity contribution >= 4 is 31.6 Å². The Hall–Kier alpha value is -2.23. The minimum atomic E-state index is -3.81. The van der Waals surface area contributed by atoms with Crippen LogP contribution in [-0.2, 0) is 31.4 Å². The van der Waals surface area contributed by atoms with Gasteiger partial charge in [-0.05, 0) is 43.7 Å². The summed E-state index contributed by atoms with van der Waals surface area (Å²) in [7, 11) is -7.54. The maximum absolute atomic E-state index is 13.2. The van der Waals surface area contributed by atoms with Crippen LogP contribution >= 0.6 is 0 Å². The number of sulfonamides is 2. The number of benzene rings is 2. The molecule has 1 heterocycles. The van der Waals surface area contributed by atoms with Crippen LogP contribution in [0.15, 0.2) is 59.5 Å². The van der Waals surface area contributed by atoms with Crippen molar-refractivity contribution in [2.24, 2.45) is 5.92 Å². The summed E-state index contributed by atoms with van der Waals surface area (Å²) < 4.78 is 53.0. The van der Waals surface area contributed by atoms with Crippen LogP contribution in [-0.4, -0.2) is 38.8 Å². The van der Waals surface area contributed by atoms with Crippen LogP contribution < -0.4 is 4.31 Å². The fourth-order valence-electron chi connectivity index (χ4n) is 3.28. The molecule has 2 aromatic carbocycles. The van der Waals surface area contributed by atoms with Gasteiger partial charge in [-0.25, -0.2) is 21.1 Å². The van der Waals surface area contributed by atoms with Gasteiger partial charge in [0, 0.05) is 12.6 Å². The van der Waals surface area contributed by atoms with Crippen LogP contribution in [0, 0.1) is 5.92 Å². The molecule has 29 heavy (non-hydrogen) atoms. The van der Waals surface area contributed by atoms with Crippen molar-refractivity contribution in [1.29, 1.82) is 0 Å². The molecule has 1 saturated heterocycles. The topological polar surface area (TPSA) is 91.8 Å². The fourth-order valence-corrected chi connectivity index (χ4v) is 6.73. The molecule has 0 radical (unpaired) electrons. The monoisotopic (exact) mass is 436 g/mol. The Morgan fingerprint density at radius 3 is 2.14 bits per heavy atom. The predicted octanol–water partition coefficient (Wildman–Crippen LogP) is 2.60. The number of carbonyl (C=O) groups is 1. The van der Waals surface area contributed by atoms with E-state index in [0.717, 1.165) is 9.87 Å². The third-order valence-corrected chi connectivity index (χ3v) is 8.70. The minimum Gasteiger partial charge on any atom is -0.273 e. The summed E-state index contributed by atoms with van der Waals surface area (Å²) in [5.41, 5.74) is 1.02. The third-order valence-electron chi connectivity index (χ3n) is 4.80. The number of amides is 1. The molecule has 156 valence electrons. The number of hydrogen-bond acceptors (Lipinski definition) is 5. The van der Waals surface area contributed by atoms with Gasteiger partial charge in [0.2, 0.25) is 26.0 Å². The number of nitrogens with zero attached hydrogens (tertiary/aromatic N) is 2. The molecular weight excluding hydrogens is 412 g/mol. The highest BCUT2D eigenvalue weighted by molar-refractivity contribution is 7.94. The van der Waals surface area contributed by atoms with Crippen molar-refractivity contribution in [3.05, 3.63) is 60.2 Å². The van der Waals surface area contributed by atoms with Crippen molar-refractivity contribution in [2.45, 2.75) is 38.3 Å². The van der Waals surface area contributed by atoms with Crippen molar-refractivity contribution in [2.75, 3.05) is 10.1 Å². The third kappa shape index (κ3) is 4.22. The summed E-state index contributed by atoms with van der Waals surface area (Å²) in [6.07, 6.45) is 0. The van der Waals surface area contributed by atoms with Crippen LogP contribution in [0.4, 0.5) is 5.69 Å². The number of rotatable bonds is 6. The zero-order valence-corrected chi connectivity index (χ0v) is 18.2. The maximum atomic E-state index is 13.2. The van der Waals surface area contributed by atoms with Crippen molar-refractivity contribution in [3.8, 4) is 0 Å². The summed E-state index contributed by atoms with van der Waals surface area (Å²) >= 11 is 0. The van der Waals surface area contributed by atoms with Gasteiger partial charge in [0.1, 0.15) is 0 Å². The molecule has 0 aromatic heterocycles. The zero-order chi connectivity index (χ0) is 21.4. The predicted molar refractivity (Wildman–Crippen MR) is 111 cm³/mol. The summed E-state index contributed by atoms with van der Waals surface area (Å²) in [6.45, 7) is 5.37. The average molecular weight is 437 g/mol. The Labute approximate surface area is 172 Å². The molecule has 1 aliphatic rings. The second-order valence-corrected chi connectivity index (χ2v) is 11.2. The molecule has 1 aliphatic heterocycles. The van der Waals surface area contributed by atoms with Gasteiger partial charge in [0.05, 0.1) is 22.3 Å². The van der Waals surface area contributed by atoms with Gasteiger partial charge >= 0.3 is 0 Å². The molecule has 7 nitrogen and oxygen atoms in total. The summed E-state index contributed by atoms with van der Waals surface area (Å²) in [5.74, 6) is -1.37. The molecule has 1 amide bonds. The van der Waals surface area contributed by atoms with E-state index in [9.17, 15) is 21.6 Å². The van der Waals surface area contributed by atoms with Crippen LogP contribution in [0.1, 0.15) is 26.3 Å². The highest BCUT2D eigenvalue weighted by Crippen LogP contribution is 2.30. The van der Waals surface area contributed by atoms with Gasteiger partial charge in [0.15, 0.2) is 0 Å². The van der Waals surface area contributed by atoms with Crippen LogP contribution in [0.25, 0.3) is 0 Å². The van der Waals surface area contributed by atoms with E-state index >= 15 is 0 Å². The van der Waals surface area contributed by atoms with Gasteiger partial charge in [-0.2, -0.15) is 4.31 Å². The molecule has 2 aromatic rings. The highest BCUT2D eigenvalue weighted by atomic mass is 32.2. The van der Waals surface area contributed by atoms with Crippen molar-refractivity contribution in [1.82, 2.24) is 4.31 Å². The largest absolute Gasteiger partial charge is 0.273 e. The van der Waals surface area contributed by atoms with E-state index in [0.29, 0.717) is 0 Å². The normalized spacial score (nSPS) is 19.3. The van der Waals surface area contributed by atoms with E-state index in [1.165, 1.54) is 28.6 Å². The van der Waals surface area contributed by atoms with Crippen LogP contribution in [0.5, 0.6) is 0 Å². The lowest BCUT2D eigenvalue weighted by Crippen LogP contribution is -2.36. The Morgan fingerprint density at radius 1 is 1.07 bits per heavy atom. The van der Waals surface area contributed by atoms with E-state index in [2.05, 4.69) is 0 Å². The summed E-state index contributed by atoms with van der Waals surface area (Å²) in [5, 5.41) is 0. The summed E-state index contributed by atoms with van der Waals surface area (Å²) in [6, 6.07) is 14.4. The van der Waals surface area contributed by atoms with Crippen molar-refractivity contribution < 1.29 is 21.6 Å². The minimum absolute atomic E-state index is 0.0444. The van der Waals surface area contributed by atoms with Crippen LogP contribution in [0.2, 0.25) is 0 Å². The molecule has 0 saturated carbocycles. The Morgan fingerprint density at radius 2 is 1.66 bits per heavy atom. The Kier molecular flexibility index (Phi) is 5.84. The van der Waals surface area contributed by atoms with E-state index in [1.807, 2.05) is 30.3 Å². The quantitative estimate of drug-likeness (QED) is 0.694. The lowest BCUT2D eigenvalue weighted by atomic mass is 10.2. The molecule has 0 bridgehead atoms. The van der Waals surface area contributed by atoms with E-state index < -0.39 is 31.9 Å². The lowest BCUT2D eigenvalue weighted by Gasteiger charge is -2.26. The summed E-state index contributed by atoms with van der Waals surface area (Å²) in [4.78, 5) is 12.3. The molecule has 0 spiro atoms. The van der Waals surface area contributed by atoms with E-state index in [1.54, 1.807) is 20.8 Å². The lowest BCUT2D eigenvalue weighted by molar-refractivity contribution is -0.119.